The second-order valence-corrected chi connectivity index (χ2v) is 6.54. The van der Waals surface area contributed by atoms with E-state index in [0.29, 0.717) is 30.1 Å². The third-order valence-electron chi connectivity index (χ3n) is 3.09. The maximum atomic E-state index is 5.93. The first-order valence-corrected chi connectivity index (χ1v) is 7.97. The van der Waals surface area contributed by atoms with Gasteiger partial charge in [0.15, 0.2) is 0 Å². The minimum absolute atomic E-state index is 0.468. The molecule has 0 aromatic carbocycles. The van der Waals surface area contributed by atoms with Crippen LogP contribution >= 0.6 is 11.8 Å². The summed E-state index contributed by atoms with van der Waals surface area (Å²) in [7, 11) is 0. The predicted molar refractivity (Wildman–Crippen MR) is 83.1 cm³/mol. The van der Waals surface area contributed by atoms with Crippen molar-refractivity contribution in [1.29, 1.82) is 0 Å². The Kier molecular flexibility index (Phi) is 4.80. The summed E-state index contributed by atoms with van der Waals surface area (Å²) in [5.41, 5.74) is 6.54. The third kappa shape index (κ3) is 3.69. The number of rotatable bonds is 4. The molecule has 0 bridgehead atoms. The molecule has 1 aliphatic rings. The molecule has 1 atom stereocenters. The predicted octanol–water partition coefficient (Wildman–Crippen LogP) is 2.64. The summed E-state index contributed by atoms with van der Waals surface area (Å²) >= 11 is 2.00. The Labute approximate surface area is 119 Å². The van der Waals surface area contributed by atoms with Crippen LogP contribution in [0, 0.1) is 5.92 Å². The number of hydrogen-bond acceptors (Lipinski definition) is 5. The van der Waals surface area contributed by atoms with Gasteiger partial charge >= 0.3 is 0 Å². The van der Waals surface area contributed by atoms with Crippen molar-refractivity contribution in [3.05, 3.63) is 12.1 Å². The average Bonchev–Trinajstić information content (AvgIpc) is 2.38. The number of ether oxygens (including phenoxy) is 1. The molecule has 1 aliphatic heterocycles. The molecule has 0 spiro atoms. The number of nitrogen functional groups attached to an aromatic ring is 1. The molecule has 1 aromatic heterocycles. The van der Waals surface area contributed by atoms with Gasteiger partial charge in [-0.25, -0.2) is 0 Å². The van der Waals surface area contributed by atoms with Crippen molar-refractivity contribution in [3.63, 3.8) is 0 Å². The summed E-state index contributed by atoms with van der Waals surface area (Å²) in [5, 5.41) is 0. The highest BCUT2D eigenvalue weighted by molar-refractivity contribution is 7.99. The lowest BCUT2D eigenvalue weighted by molar-refractivity contribution is 0.263. The van der Waals surface area contributed by atoms with Crippen molar-refractivity contribution in [2.24, 2.45) is 5.92 Å². The monoisotopic (exact) mass is 281 g/mol. The second-order valence-electron chi connectivity index (χ2n) is 5.39. The normalized spacial score (nSPS) is 19.8. The Morgan fingerprint density at radius 3 is 3.00 bits per heavy atom. The Bertz CT molecular complexity index is 425. The minimum Gasteiger partial charge on any atom is -0.476 e. The number of hydrogen-bond donors (Lipinski definition) is 1. The maximum absolute atomic E-state index is 5.93. The summed E-state index contributed by atoms with van der Waals surface area (Å²) in [6.45, 7) is 8.14. The van der Waals surface area contributed by atoms with Gasteiger partial charge in [-0.15, -0.1) is 0 Å². The molecule has 2 rings (SSSR count). The van der Waals surface area contributed by atoms with E-state index in [1.54, 1.807) is 0 Å². The van der Waals surface area contributed by atoms with Crippen LogP contribution in [-0.2, 0) is 0 Å². The first-order valence-electron chi connectivity index (χ1n) is 6.81. The molecule has 2 heterocycles. The zero-order valence-corrected chi connectivity index (χ0v) is 12.7. The van der Waals surface area contributed by atoms with Crippen LogP contribution in [0.4, 0.5) is 11.5 Å². The smallest absolute Gasteiger partial charge is 0.239 e. The number of thioether (sulfide) groups is 1. The molecule has 0 saturated carbocycles. The number of nitrogens with zero attached hydrogens (tertiary/aromatic N) is 2. The SMILES string of the molecule is CC(C)COc1nc(N2CCSCC2C)ccc1N. The van der Waals surface area contributed by atoms with Crippen molar-refractivity contribution >= 4 is 23.3 Å². The summed E-state index contributed by atoms with van der Waals surface area (Å²) in [6.07, 6.45) is 0. The Balaban J connectivity index is 2.15. The van der Waals surface area contributed by atoms with Crippen LogP contribution < -0.4 is 15.4 Å². The largest absolute Gasteiger partial charge is 0.476 e. The van der Waals surface area contributed by atoms with E-state index in [0.717, 1.165) is 23.9 Å². The fourth-order valence-corrected chi connectivity index (χ4v) is 3.04. The second kappa shape index (κ2) is 6.37. The van der Waals surface area contributed by atoms with Crippen molar-refractivity contribution in [2.45, 2.75) is 26.8 Å². The number of aromatic nitrogens is 1. The van der Waals surface area contributed by atoms with Gasteiger partial charge in [-0.1, -0.05) is 13.8 Å². The van der Waals surface area contributed by atoms with Crippen LogP contribution in [0.3, 0.4) is 0 Å². The zero-order chi connectivity index (χ0) is 13.8. The quantitative estimate of drug-likeness (QED) is 0.919. The van der Waals surface area contributed by atoms with Crippen LogP contribution in [0.1, 0.15) is 20.8 Å². The first-order chi connectivity index (χ1) is 9.08. The highest BCUT2D eigenvalue weighted by Gasteiger charge is 2.20. The fourth-order valence-electron chi connectivity index (χ4n) is 2.03. The van der Waals surface area contributed by atoms with Crippen LogP contribution in [0.2, 0.25) is 0 Å². The number of pyridine rings is 1. The van der Waals surface area contributed by atoms with Crippen molar-refractivity contribution in [1.82, 2.24) is 4.98 Å². The Hall–Kier alpha value is -1.10. The molecule has 1 unspecified atom stereocenters. The molecular formula is C14H23N3OS. The number of nitrogens with two attached hydrogens (primary N) is 1. The molecule has 19 heavy (non-hydrogen) atoms. The van der Waals surface area contributed by atoms with Gasteiger partial charge in [0.1, 0.15) is 5.82 Å². The van der Waals surface area contributed by atoms with Gasteiger partial charge in [-0.2, -0.15) is 16.7 Å². The van der Waals surface area contributed by atoms with Gasteiger partial charge < -0.3 is 15.4 Å². The van der Waals surface area contributed by atoms with Crippen LogP contribution in [0.25, 0.3) is 0 Å². The van der Waals surface area contributed by atoms with Gasteiger partial charge in [0, 0.05) is 24.1 Å². The van der Waals surface area contributed by atoms with Crippen LogP contribution in [0.5, 0.6) is 5.88 Å². The molecular weight excluding hydrogens is 258 g/mol. The summed E-state index contributed by atoms with van der Waals surface area (Å²) in [4.78, 5) is 6.92. The van der Waals surface area contributed by atoms with E-state index in [1.165, 1.54) is 0 Å². The van der Waals surface area contributed by atoms with E-state index >= 15 is 0 Å². The van der Waals surface area contributed by atoms with Crippen LogP contribution in [-0.4, -0.2) is 35.7 Å². The Morgan fingerprint density at radius 2 is 2.32 bits per heavy atom. The van der Waals surface area contributed by atoms with Crippen molar-refractivity contribution in [2.75, 3.05) is 35.3 Å². The minimum atomic E-state index is 0.468. The summed E-state index contributed by atoms with van der Waals surface area (Å²) in [6, 6.07) is 4.39. The fraction of sp³-hybridized carbons (Fsp3) is 0.643. The van der Waals surface area contributed by atoms with E-state index in [2.05, 4.69) is 30.7 Å². The lowest BCUT2D eigenvalue weighted by atomic mass is 10.2. The van der Waals surface area contributed by atoms with Gasteiger partial charge in [-0.3, -0.25) is 0 Å². The van der Waals surface area contributed by atoms with Gasteiger partial charge in [-0.05, 0) is 25.0 Å². The molecule has 2 N–H and O–H groups in total. The standard InChI is InChI=1S/C14H23N3OS/c1-10(2)8-18-14-12(15)4-5-13(16-14)17-6-7-19-9-11(17)3/h4-5,10-11H,6-9,15H2,1-3H3. The van der Waals surface area contributed by atoms with Gasteiger partial charge in [0.2, 0.25) is 5.88 Å². The van der Waals surface area contributed by atoms with Gasteiger partial charge in [0.05, 0.1) is 12.3 Å². The van der Waals surface area contributed by atoms with E-state index in [1.807, 2.05) is 23.9 Å². The molecule has 1 aromatic rings. The lowest BCUT2D eigenvalue weighted by Gasteiger charge is -2.34. The first kappa shape index (κ1) is 14.3. The third-order valence-corrected chi connectivity index (χ3v) is 4.28. The molecule has 1 fully saturated rings. The highest BCUT2D eigenvalue weighted by Crippen LogP contribution is 2.27. The van der Waals surface area contributed by atoms with Gasteiger partial charge in [0.25, 0.3) is 0 Å². The lowest BCUT2D eigenvalue weighted by Crippen LogP contribution is -2.40. The molecule has 0 aliphatic carbocycles. The van der Waals surface area contributed by atoms with E-state index in [-0.39, 0.29) is 0 Å². The molecule has 5 heteroatoms. The average molecular weight is 281 g/mol. The maximum Gasteiger partial charge on any atom is 0.239 e. The van der Waals surface area contributed by atoms with Crippen molar-refractivity contribution in [3.8, 4) is 5.88 Å². The Morgan fingerprint density at radius 1 is 1.53 bits per heavy atom. The molecule has 1 saturated heterocycles. The zero-order valence-electron chi connectivity index (χ0n) is 11.9. The van der Waals surface area contributed by atoms with Crippen LogP contribution in [0.15, 0.2) is 12.1 Å². The summed E-state index contributed by atoms with van der Waals surface area (Å²) in [5.74, 6) is 4.31. The topological polar surface area (TPSA) is 51.4 Å². The molecule has 106 valence electrons. The molecule has 0 radical (unpaired) electrons. The van der Waals surface area contributed by atoms with E-state index < -0.39 is 0 Å². The molecule has 4 nitrogen and oxygen atoms in total. The highest BCUT2D eigenvalue weighted by atomic mass is 32.2. The summed E-state index contributed by atoms with van der Waals surface area (Å²) < 4.78 is 5.70. The number of anilines is 2. The van der Waals surface area contributed by atoms with E-state index in [4.69, 9.17) is 10.5 Å². The van der Waals surface area contributed by atoms with Crippen molar-refractivity contribution < 1.29 is 4.74 Å². The van der Waals surface area contributed by atoms with E-state index in [9.17, 15) is 0 Å². The molecule has 0 amide bonds.